The molecule has 0 aromatic heterocycles. The van der Waals surface area contributed by atoms with Gasteiger partial charge in [-0.3, -0.25) is 0 Å². The van der Waals surface area contributed by atoms with E-state index in [1.54, 1.807) is 6.08 Å². The lowest BCUT2D eigenvalue weighted by molar-refractivity contribution is -0.129. The van der Waals surface area contributed by atoms with Crippen LogP contribution in [-0.2, 0) is 16.1 Å². The summed E-state index contributed by atoms with van der Waals surface area (Å²) in [5, 5.41) is 0.681. The fourth-order valence-electron chi connectivity index (χ4n) is 2.93. The molecular weight excluding hydrogens is 513 g/mol. The van der Waals surface area contributed by atoms with Crippen LogP contribution in [0.4, 0.5) is 0 Å². The number of hydrogen-bond acceptors (Lipinski definition) is 4. The SMILES string of the molecule is Cc1cc(C2=N/C(=C\c3ccccc3OCc3ccc(Cl)cc3)C(=O)O2)ccc1I. The van der Waals surface area contributed by atoms with Crippen LogP contribution in [0.15, 0.2) is 77.4 Å². The second-order valence-electron chi connectivity index (χ2n) is 6.75. The van der Waals surface area contributed by atoms with E-state index in [9.17, 15) is 4.79 Å². The van der Waals surface area contributed by atoms with E-state index in [4.69, 9.17) is 21.1 Å². The second kappa shape index (κ2) is 9.02. The molecular formula is C24H17ClINO3. The van der Waals surface area contributed by atoms with Gasteiger partial charge in [0.15, 0.2) is 5.70 Å². The van der Waals surface area contributed by atoms with E-state index in [0.717, 1.165) is 25.8 Å². The van der Waals surface area contributed by atoms with Crippen LogP contribution in [0.25, 0.3) is 6.08 Å². The number of esters is 1. The number of ether oxygens (including phenoxy) is 2. The Morgan fingerprint density at radius 1 is 1.10 bits per heavy atom. The molecule has 0 N–H and O–H groups in total. The van der Waals surface area contributed by atoms with Crippen molar-refractivity contribution >= 4 is 52.1 Å². The number of carbonyl (C=O) groups excluding carboxylic acids is 1. The summed E-state index contributed by atoms with van der Waals surface area (Å²) in [5.41, 5.74) is 3.87. The third-order valence-electron chi connectivity index (χ3n) is 4.54. The molecule has 0 saturated carbocycles. The molecule has 1 heterocycles. The minimum atomic E-state index is -0.478. The van der Waals surface area contributed by atoms with E-state index in [1.165, 1.54) is 0 Å². The number of rotatable bonds is 5. The number of cyclic esters (lactones) is 1. The molecule has 30 heavy (non-hydrogen) atoms. The molecule has 0 aliphatic carbocycles. The van der Waals surface area contributed by atoms with Gasteiger partial charge in [0, 0.05) is 19.7 Å². The quantitative estimate of drug-likeness (QED) is 0.225. The van der Waals surface area contributed by atoms with Crippen molar-refractivity contribution in [3.63, 3.8) is 0 Å². The number of nitrogens with zero attached hydrogens (tertiary/aromatic N) is 1. The van der Waals surface area contributed by atoms with Crippen LogP contribution in [0.3, 0.4) is 0 Å². The van der Waals surface area contributed by atoms with Crippen molar-refractivity contribution in [3.05, 3.63) is 103 Å². The van der Waals surface area contributed by atoms with Crippen LogP contribution in [0.1, 0.15) is 22.3 Å². The predicted molar refractivity (Wildman–Crippen MR) is 127 cm³/mol. The molecule has 6 heteroatoms. The molecule has 0 atom stereocenters. The molecule has 4 nitrogen and oxygen atoms in total. The maximum atomic E-state index is 12.4. The predicted octanol–water partition coefficient (Wildman–Crippen LogP) is 6.18. The average Bonchev–Trinajstić information content (AvgIpc) is 3.11. The zero-order valence-corrected chi connectivity index (χ0v) is 19.0. The summed E-state index contributed by atoms with van der Waals surface area (Å²) in [6.45, 7) is 2.39. The lowest BCUT2D eigenvalue weighted by Crippen LogP contribution is -2.05. The topological polar surface area (TPSA) is 47.9 Å². The molecule has 0 unspecified atom stereocenters. The maximum absolute atomic E-state index is 12.4. The lowest BCUT2D eigenvalue weighted by atomic mass is 10.1. The molecule has 0 bridgehead atoms. The van der Waals surface area contributed by atoms with Crippen LogP contribution in [-0.4, -0.2) is 11.9 Å². The van der Waals surface area contributed by atoms with E-state index < -0.39 is 5.97 Å². The molecule has 150 valence electrons. The van der Waals surface area contributed by atoms with E-state index in [1.807, 2.05) is 73.7 Å². The molecule has 0 saturated heterocycles. The summed E-state index contributed by atoms with van der Waals surface area (Å²) in [4.78, 5) is 16.8. The van der Waals surface area contributed by atoms with Gasteiger partial charge in [0.1, 0.15) is 12.4 Å². The van der Waals surface area contributed by atoms with Crippen molar-refractivity contribution in [3.8, 4) is 5.75 Å². The van der Waals surface area contributed by atoms with E-state index in [-0.39, 0.29) is 5.70 Å². The Balaban J connectivity index is 1.58. The highest BCUT2D eigenvalue weighted by Crippen LogP contribution is 2.26. The molecule has 3 aromatic rings. The highest BCUT2D eigenvalue weighted by molar-refractivity contribution is 14.1. The molecule has 0 fully saturated rings. The number of carbonyl (C=O) groups is 1. The monoisotopic (exact) mass is 529 g/mol. The summed E-state index contributed by atoms with van der Waals surface area (Å²) in [6.07, 6.45) is 1.69. The van der Waals surface area contributed by atoms with E-state index in [0.29, 0.717) is 23.3 Å². The fourth-order valence-corrected chi connectivity index (χ4v) is 3.39. The first-order valence-electron chi connectivity index (χ1n) is 9.25. The van der Waals surface area contributed by atoms with Gasteiger partial charge in [0.2, 0.25) is 5.90 Å². The Morgan fingerprint density at radius 3 is 2.63 bits per heavy atom. The molecule has 1 aliphatic rings. The smallest absolute Gasteiger partial charge is 0.363 e. The summed E-state index contributed by atoms with van der Waals surface area (Å²) >= 11 is 8.20. The van der Waals surface area contributed by atoms with Gasteiger partial charge in [0.25, 0.3) is 0 Å². The second-order valence-corrected chi connectivity index (χ2v) is 8.35. The van der Waals surface area contributed by atoms with Gasteiger partial charge in [0.05, 0.1) is 0 Å². The Hall–Kier alpha value is -2.64. The zero-order valence-electron chi connectivity index (χ0n) is 16.1. The van der Waals surface area contributed by atoms with Crippen molar-refractivity contribution in [1.82, 2.24) is 0 Å². The highest BCUT2D eigenvalue weighted by Gasteiger charge is 2.24. The van der Waals surface area contributed by atoms with Gasteiger partial charge < -0.3 is 9.47 Å². The molecule has 1 aliphatic heterocycles. The standard InChI is InChI=1S/C24H17ClINO3/c1-15-12-18(8-11-20(15)26)23-27-21(24(28)30-23)13-17-4-2-3-5-22(17)29-14-16-6-9-19(25)10-7-16/h2-13H,14H2,1H3/b21-13-. The highest BCUT2D eigenvalue weighted by atomic mass is 127. The number of para-hydroxylation sites is 1. The molecule has 4 rings (SSSR count). The first-order valence-corrected chi connectivity index (χ1v) is 10.7. The minimum Gasteiger partial charge on any atom is -0.488 e. The van der Waals surface area contributed by atoms with Gasteiger partial charge in [-0.2, -0.15) is 0 Å². The number of halogens is 2. The molecule has 3 aromatic carbocycles. The first-order chi connectivity index (χ1) is 14.5. The van der Waals surface area contributed by atoms with Crippen molar-refractivity contribution in [2.45, 2.75) is 13.5 Å². The number of aryl methyl sites for hydroxylation is 1. The Bertz CT molecular complexity index is 1170. The maximum Gasteiger partial charge on any atom is 0.363 e. The van der Waals surface area contributed by atoms with Gasteiger partial charge in [-0.15, -0.1) is 0 Å². The fraction of sp³-hybridized carbons (Fsp3) is 0.0833. The summed E-state index contributed by atoms with van der Waals surface area (Å²) < 4.78 is 12.5. The van der Waals surface area contributed by atoms with E-state index in [2.05, 4.69) is 27.6 Å². The Labute approximate surface area is 193 Å². The van der Waals surface area contributed by atoms with Crippen LogP contribution in [0.5, 0.6) is 5.75 Å². The summed E-state index contributed by atoms with van der Waals surface area (Å²) in [5.74, 6) is 0.487. The molecule has 0 amide bonds. The normalized spacial score (nSPS) is 14.6. The number of aliphatic imine (C=N–C) groups is 1. The first kappa shape index (κ1) is 20.6. The third kappa shape index (κ3) is 4.74. The van der Waals surface area contributed by atoms with Crippen molar-refractivity contribution in [2.24, 2.45) is 4.99 Å². The van der Waals surface area contributed by atoms with Crippen LogP contribution < -0.4 is 4.74 Å². The van der Waals surface area contributed by atoms with Gasteiger partial charge in [-0.05, 0) is 83.1 Å². The van der Waals surface area contributed by atoms with Crippen LogP contribution in [0, 0.1) is 10.5 Å². The number of benzene rings is 3. The Kier molecular flexibility index (Phi) is 6.20. The zero-order chi connectivity index (χ0) is 21.1. The van der Waals surface area contributed by atoms with Crippen LogP contribution in [0.2, 0.25) is 5.02 Å². The largest absolute Gasteiger partial charge is 0.488 e. The van der Waals surface area contributed by atoms with Gasteiger partial charge in [-0.1, -0.05) is 41.9 Å². The van der Waals surface area contributed by atoms with Gasteiger partial charge in [-0.25, -0.2) is 9.79 Å². The molecule has 0 radical (unpaired) electrons. The van der Waals surface area contributed by atoms with Gasteiger partial charge >= 0.3 is 5.97 Å². The van der Waals surface area contributed by atoms with Crippen molar-refractivity contribution < 1.29 is 14.3 Å². The lowest BCUT2D eigenvalue weighted by Gasteiger charge is -2.09. The molecule has 0 spiro atoms. The van der Waals surface area contributed by atoms with Crippen molar-refractivity contribution in [1.29, 1.82) is 0 Å². The Morgan fingerprint density at radius 2 is 1.87 bits per heavy atom. The van der Waals surface area contributed by atoms with E-state index >= 15 is 0 Å². The van der Waals surface area contributed by atoms with Crippen LogP contribution >= 0.6 is 34.2 Å². The summed E-state index contributed by atoms with van der Waals surface area (Å²) in [6, 6.07) is 20.8. The number of hydrogen-bond donors (Lipinski definition) is 0. The summed E-state index contributed by atoms with van der Waals surface area (Å²) in [7, 11) is 0. The average molecular weight is 530 g/mol. The third-order valence-corrected chi connectivity index (χ3v) is 6.01. The van der Waals surface area contributed by atoms with Crippen molar-refractivity contribution in [2.75, 3.05) is 0 Å². The minimum absolute atomic E-state index is 0.240.